The van der Waals surface area contributed by atoms with Crippen LogP contribution in [0.25, 0.3) is 0 Å². The molecule has 1 N–H and O–H groups in total. The maximum atomic E-state index is 12.5. The number of rotatable bonds is 9. The van der Waals surface area contributed by atoms with Crippen LogP contribution in [0.2, 0.25) is 0 Å². The molecule has 13 heteroatoms. The highest BCUT2D eigenvalue weighted by Crippen LogP contribution is 2.17. The molecule has 0 spiro atoms. The molecule has 1 aliphatic heterocycles. The summed E-state index contributed by atoms with van der Waals surface area (Å²) in [5.41, 5.74) is 0. The van der Waals surface area contributed by atoms with Crippen molar-refractivity contribution in [3.63, 3.8) is 0 Å². The van der Waals surface area contributed by atoms with Gasteiger partial charge in [0.25, 0.3) is 0 Å². The van der Waals surface area contributed by atoms with E-state index in [2.05, 4.69) is 20.8 Å². The van der Waals surface area contributed by atoms with Crippen LogP contribution in [-0.2, 0) is 26.0 Å². The van der Waals surface area contributed by atoms with Gasteiger partial charge >= 0.3 is 0 Å². The minimum Gasteiger partial charge on any atom is -0.351 e. The molecule has 3 rings (SSSR count). The monoisotopic (exact) mass is 458 g/mol. The second kappa shape index (κ2) is 9.67. The highest BCUT2D eigenvalue weighted by Gasteiger charge is 2.29. The molecule has 10 nitrogen and oxygen atoms in total. The van der Waals surface area contributed by atoms with Gasteiger partial charge in [-0.2, -0.15) is 0 Å². The number of likely N-dealkylation sites (N-methyl/N-ethyl adjacent to an activating group) is 1. The minimum absolute atomic E-state index is 0.0401. The summed E-state index contributed by atoms with van der Waals surface area (Å²) in [5, 5.41) is 16.8. The molecule has 2 amide bonds. The van der Waals surface area contributed by atoms with Gasteiger partial charge in [0.05, 0.1) is 30.3 Å². The second-order valence-electron chi connectivity index (χ2n) is 6.56. The number of tetrazole rings is 1. The van der Waals surface area contributed by atoms with Crippen molar-refractivity contribution in [1.82, 2.24) is 30.4 Å². The Morgan fingerprint density at radius 2 is 2.28 bits per heavy atom. The van der Waals surface area contributed by atoms with Crippen LogP contribution in [0.4, 0.5) is 0 Å². The minimum atomic E-state index is -3.07. The highest BCUT2D eigenvalue weighted by molar-refractivity contribution is 7.99. The molecule has 1 unspecified atom stereocenters. The van der Waals surface area contributed by atoms with Gasteiger partial charge in [-0.1, -0.05) is 17.8 Å². The third kappa shape index (κ3) is 6.24. The molecular weight excluding hydrogens is 436 g/mol. The summed E-state index contributed by atoms with van der Waals surface area (Å²) in [7, 11) is -3.07. The largest absolute Gasteiger partial charge is 0.351 e. The van der Waals surface area contributed by atoms with Crippen molar-refractivity contribution >= 4 is 44.8 Å². The molecule has 1 saturated heterocycles. The third-order valence-electron chi connectivity index (χ3n) is 4.38. The average Bonchev–Trinajstić information content (AvgIpc) is 3.40. The number of nitrogens with zero attached hydrogens (tertiary/aromatic N) is 5. The Kier molecular flexibility index (Phi) is 7.24. The Bertz CT molecular complexity index is 944. The molecule has 0 aliphatic carbocycles. The third-order valence-corrected chi connectivity index (χ3v) is 7.95. The van der Waals surface area contributed by atoms with Gasteiger partial charge in [0.1, 0.15) is 0 Å². The van der Waals surface area contributed by atoms with Crippen molar-refractivity contribution < 1.29 is 18.0 Å². The lowest BCUT2D eigenvalue weighted by atomic mass is 10.2. The Balaban J connectivity index is 1.49. The van der Waals surface area contributed by atoms with Crippen LogP contribution in [-0.4, -0.2) is 81.7 Å². The number of hydrogen-bond acceptors (Lipinski definition) is 9. The van der Waals surface area contributed by atoms with E-state index >= 15 is 0 Å². The summed E-state index contributed by atoms with van der Waals surface area (Å²) in [5.74, 6) is -0.413. The molecule has 1 fully saturated rings. The van der Waals surface area contributed by atoms with E-state index in [0.29, 0.717) is 24.7 Å². The zero-order valence-corrected chi connectivity index (χ0v) is 18.3. The van der Waals surface area contributed by atoms with E-state index in [1.807, 2.05) is 17.5 Å². The number of sulfone groups is 1. The normalized spacial score (nSPS) is 17.9. The standard InChI is InChI=1S/C16H22N6O4S3/c1-2-21(9-14(23)17-12-5-7-29(25,26)11-12)15(24)10-28-16-18-19-20-22(16)8-13-4-3-6-27-13/h3-4,6,12H,2,5,7-11H2,1H3,(H,17,23). The van der Waals surface area contributed by atoms with Gasteiger partial charge in [0, 0.05) is 17.5 Å². The predicted molar refractivity (Wildman–Crippen MR) is 109 cm³/mol. The molecule has 0 aromatic carbocycles. The van der Waals surface area contributed by atoms with Crippen LogP contribution in [0.5, 0.6) is 0 Å². The van der Waals surface area contributed by atoms with Crippen molar-refractivity contribution in [3.8, 4) is 0 Å². The summed E-state index contributed by atoms with van der Waals surface area (Å²) < 4.78 is 24.6. The lowest BCUT2D eigenvalue weighted by molar-refractivity contribution is -0.134. The van der Waals surface area contributed by atoms with E-state index in [4.69, 9.17) is 0 Å². The lowest BCUT2D eigenvalue weighted by Gasteiger charge is -2.21. The number of hydrogen-bond donors (Lipinski definition) is 1. The van der Waals surface area contributed by atoms with Crippen molar-refractivity contribution in [2.45, 2.75) is 31.1 Å². The van der Waals surface area contributed by atoms with Crippen molar-refractivity contribution in [1.29, 1.82) is 0 Å². The van der Waals surface area contributed by atoms with E-state index in [9.17, 15) is 18.0 Å². The van der Waals surface area contributed by atoms with E-state index in [-0.39, 0.29) is 41.7 Å². The molecule has 2 aromatic heterocycles. The van der Waals surface area contributed by atoms with Gasteiger partial charge in [-0.25, -0.2) is 13.1 Å². The van der Waals surface area contributed by atoms with E-state index < -0.39 is 9.84 Å². The first-order chi connectivity index (χ1) is 13.9. The molecule has 0 bridgehead atoms. The SMILES string of the molecule is CCN(CC(=O)NC1CCS(=O)(=O)C1)C(=O)CSc1nnnn1Cc1cccs1. The first-order valence-corrected chi connectivity index (χ1v) is 12.7. The van der Waals surface area contributed by atoms with E-state index in [1.165, 1.54) is 16.7 Å². The molecule has 1 atom stereocenters. The predicted octanol–water partition coefficient (Wildman–Crippen LogP) is 0.0268. The number of aromatic nitrogens is 4. The summed E-state index contributed by atoms with van der Waals surface area (Å²) in [6.45, 7) is 2.59. The first kappa shape index (κ1) is 21.7. The van der Waals surface area contributed by atoms with Gasteiger partial charge in [-0.15, -0.1) is 16.4 Å². The summed E-state index contributed by atoms with van der Waals surface area (Å²) >= 11 is 2.82. The van der Waals surface area contributed by atoms with Crippen LogP contribution < -0.4 is 5.32 Å². The number of thiophene rings is 1. The van der Waals surface area contributed by atoms with Crippen molar-refractivity contribution in [2.24, 2.45) is 0 Å². The summed E-state index contributed by atoms with van der Waals surface area (Å²) in [6.07, 6.45) is 0.414. The van der Waals surface area contributed by atoms with Crippen LogP contribution in [0.15, 0.2) is 22.7 Å². The Morgan fingerprint density at radius 1 is 1.45 bits per heavy atom. The fourth-order valence-corrected chi connectivity index (χ4v) is 6.04. The summed E-state index contributed by atoms with van der Waals surface area (Å²) in [6, 6.07) is 3.56. The number of carbonyl (C=O) groups is 2. The van der Waals surface area contributed by atoms with Crippen LogP contribution in [0.3, 0.4) is 0 Å². The van der Waals surface area contributed by atoms with Gasteiger partial charge in [0.15, 0.2) is 9.84 Å². The number of amides is 2. The lowest BCUT2D eigenvalue weighted by Crippen LogP contribution is -2.45. The molecule has 29 heavy (non-hydrogen) atoms. The molecule has 158 valence electrons. The maximum absolute atomic E-state index is 12.5. The highest BCUT2D eigenvalue weighted by atomic mass is 32.2. The molecule has 1 aliphatic rings. The molecule has 0 saturated carbocycles. The molecule has 3 heterocycles. The van der Waals surface area contributed by atoms with E-state index in [1.54, 1.807) is 22.9 Å². The molecular formula is C16H22N6O4S3. The van der Waals surface area contributed by atoms with Crippen LogP contribution in [0.1, 0.15) is 18.2 Å². The van der Waals surface area contributed by atoms with Crippen LogP contribution >= 0.6 is 23.1 Å². The Labute approximate surface area is 177 Å². The fraction of sp³-hybridized carbons (Fsp3) is 0.562. The molecule has 2 aromatic rings. The van der Waals surface area contributed by atoms with Gasteiger partial charge in [-0.05, 0) is 35.2 Å². The summed E-state index contributed by atoms with van der Waals surface area (Å²) in [4.78, 5) is 27.3. The fourth-order valence-electron chi connectivity index (χ4n) is 2.90. The van der Waals surface area contributed by atoms with Gasteiger partial charge in [0.2, 0.25) is 17.0 Å². The Morgan fingerprint density at radius 3 is 2.93 bits per heavy atom. The van der Waals surface area contributed by atoms with Crippen molar-refractivity contribution in [3.05, 3.63) is 22.4 Å². The number of thioether (sulfide) groups is 1. The topological polar surface area (TPSA) is 127 Å². The Hall–Kier alpha value is -1.99. The first-order valence-electron chi connectivity index (χ1n) is 9.05. The average molecular weight is 459 g/mol. The van der Waals surface area contributed by atoms with Crippen molar-refractivity contribution in [2.75, 3.05) is 30.3 Å². The smallest absolute Gasteiger partial charge is 0.239 e. The maximum Gasteiger partial charge on any atom is 0.239 e. The van der Waals surface area contributed by atoms with Crippen LogP contribution in [0, 0.1) is 0 Å². The quantitative estimate of drug-likeness (QED) is 0.521. The zero-order chi connectivity index (χ0) is 20.9. The van der Waals surface area contributed by atoms with E-state index in [0.717, 1.165) is 4.88 Å². The van der Waals surface area contributed by atoms with Gasteiger partial charge in [-0.3, -0.25) is 9.59 Å². The van der Waals surface area contributed by atoms with Gasteiger partial charge < -0.3 is 10.2 Å². The molecule has 0 radical (unpaired) electrons. The number of nitrogens with one attached hydrogen (secondary N) is 1. The second-order valence-corrected chi connectivity index (χ2v) is 10.8. The number of carbonyl (C=O) groups excluding carboxylic acids is 2. The zero-order valence-electron chi connectivity index (χ0n) is 15.9.